The fourth-order valence-corrected chi connectivity index (χ4v) is 2.12. The highest BCUT2D eigenvalue weighted by atomic mass is 16.4. The number of pyridine rings is 1. The Morgan fingerprint density at radius 2 is 2.28 bits per heavy atom. The SMILES string of the molecule is CCCc1cc(C(=O)O)cc(NC(C)C2CC2)n1. The molecule has 4 heteroatoms. The van der Waals surface area contributed by atoms with E-state index < -0.39 is 5.97 Å². The fraction of sp³-hybridized carbons (Fsp3) is 0.571. The first-order chi connectivity index (χ1) is 8.60. The average molecular weight is 248 g/mol. The van der Waals surface area contributed by atoms with E-state index in [0.717, 1.165) is 24.5 Å². The van der Waals surface area contributed by atoms with E-state index in [1.165, 1.54) is 12.8 Å². The maximum absolute atomic E-state index is 11.1. The van der Waals surface area contributed by atoms with E-state index in [-0.39, 0.29) is 0 Å². The minimum absolute atomic E-state index is 0.318. The third kappa shape index (κ3) is 3.22. The first kappa shape index (κ1) is 12.9. The van der Waals surface area contributed by atoms with Gasteiger partial charge in [-0.05, 0) is 44.2 Å². The van der Waals surface area contributed by atoms with Gasteiger partial charge in [-0.1, -0.05) is 13.3 Å². The van der Waals surface area contributed by atoms with Crippen LogP contribution in [-0.4, -0.2) is 22.1 Å². The van der Waals surface area contributed by atoms with Gasteiger partial charge in [-0.15, -0.1) is 0 Å². The minimum atomic E-state index is -0.892. The molecule has 4 nitrogen and oxygen atoms in total. The van der Waals surface area contributed by atoms with Crippen molar-refractivity contribution < 1.29 is 9.90 Å². The molecule has 0 amide bonds. The van der Waals surface area contributed by atoms with Crippen molar-refractivity contribution in [2.45, 2.75) is 45.6 Å². The summed E-state index contributed by atoms with van der Waals surface area (Å²) in [5.41, 5.74) is 1.17. The second kappa shape index (κ2) is 5.38. The number of aryl methyl sites for hydroxylation is 1. The summed E-state index contributed by atoms with van der Waals surface area (Å²) in [5, 5.41) is 12.4. The van der Waals surface area contributed by atoms with E-state index in [2.05, 4.69) is 24.1 Å². The van der Waals surface area contributed by atoms with Crippen molar-refractivity contribution in [1.82, 2.24) is 4.98 Å². The lowest BCUT2D eigenvalue weighted by molar-refractivity contribution is 0.0696. The van der Waals surface area contributed by atoms with Crippen LogP contribution in [0.15, 0.2) is 12.1 Å². The molecule has 0 aliphatic heterocycles. The van der Waals surface area contributed by atoms with Crippen molar-refractivity contribution in [2.24, 2.45) is 5.92 Å². The van der Waals surface area contributed by atoms with Crippen molar-refractivity contribution in [3.8, 4) is 0 Å². The lowest BCUT2D eigenvalue weighted by Crippen LogP contribution is -2.19. The topological polar surface area (TPSA) is 62.2 Å². The van der Waals surface area contributed by atoms with E-state index in [1.54, 1.807) is 12.1 Å². The predicted octanol–water partition coefficient (Wildman–Crippen LogP) is 2.94. The van der Waals surface area contributed by atoms with E-state index in [4.69, 9.17) is 5.11 Å². The van der Waals surface area contributed by atoms with Gasteiger partial charge in [0.25, 0.3) is 0 Å². The highest BCUT2D eigenvalue weighted by molar-refractivity contribution is 5.88. The second-order valence-corrected chi connectivity index (χ2v) is 5.06. The van der Waals surface area contributed by atoms with Crippen molar-refractivity contribution in [1.29, 1.82) is 0 Å². The van der Waals surface area contributed by atoms with Gasteiger partial charge in [0.1, 0.15) is 5.82 Å². The van der Waals surface area contributed by atoms with E-state index in [0.29, 0.717) is 17.4 Å². The van der Waals surface area contributed by atoms with Crippen molar-refractivity contribution in [3.63, 3.8) is 0 Å². The van der Waals surface area contributed by atoms with Gasteiger partial charge in [-0.2, -0.15) is 0 Å². The van der Waals surface area contributed by atoms with Crippen LogP contribution < -0.4 is 5.32 Å². The van der Waals surface area contributed by atoms with Crippen molar-refractivity contribution in [2.75, 3.05) is 5.32 Å². The first-order valence-electron chi connectivity index (χ1n) is 6.61. The lowest BCUT2D eigenvalue weighted by Gasteiger charge is -2.15. The number of aromatic carboxylic acids is 1. The molecular weight excluding hydrogens is 228 g/mol. The molecule has 1 heterocycles. The molecule has 1 unspecified atom stereocenters. The molecule has 1 aromatic rings. The van der Waals surface area contributed by atoms with Crippen molar-refractivity contribution >= 4 is 11.8 Å². The maximum Gasteiger partial charge on any atom is 0.335 e. The number of hydrogen-bond acceptors (Lipinski definition) is 3. The Morgan fingerprint density at radius 3 is 2.83 bits per heavy atom. The van der Waals surface area contributed by atoms with Gasteiger partial charge in [0.15, 0.2) is 0 Å². The average Bonchev–Trinajstić information content (AvgIpc) is 3.12. The molecule has 1 fully saturated rings. The summed E-state index contributed by atoms with van der Waals surface area (Å²) < 4.78 is 0. The number of carbonyl (C=O) groups is 1. The Kier molecular flexibility index (Phi) is 3.84. The Labute approximate surface area is 107 Å². The summed E-state index contributed by atoms with van der Waals surface area (Å²) in [6.07, 6.45) is 4.30. The Morgan fingerprint density at radius 1 is 1.56 bits per heavy atom. The molecule has 0 radical (unpaired) electrons. The zero-order chi connectivity index (χ0) is 13.1. The maximum atomic E-state index is 11.1. The largest absolute Gasteiger partial charge is 0.478 e. The molecule has 2 N–H and O–H groups in total. The van der Waals surface area contributed by atoms with Crippen LogP contribution in [0.1, 0.15) is 49.2 Å². The highest BCUT2D eigenvalue weighted by Crippen LogP contribution is 2.33. The first-order valence-corrected chi connectivity index (χ1v) is 6.61. The number of carboxylic acids is 1. The number of rotatable bonds is 6. The summed E-state index contributed by atoms with van der Waals surface area (Å²) in [6.45, 7) is 4.20. The summed E-state index contributed by atoms with van der Waals surface area (Å²) in [5.74, 6) is 0.518. The molecule has 1 saturated carbocycles. The van der Waals surface area contributed by atoms with Crippen LogP contribution in [0.4, 0.5) is 5.82 Å². The van der Waals surface area contributed by atoms with Crippen LogP contribution in [0.25, 0.3) is 0 Å². The Balaban J connectivity index is 2.18. The molecule has 0 bridgehead atoms. The zero-order valence-corrected chi connectivity index (χ0v) is 10.9. The molecule has 18 heavy (non-hydrogen) atoms. The molecule has 1 aliphatic rings. The standard InChI is InChI=1S/C14H20N2O2/c1-3-4-12-7-11(14(17)18)8-13(16-12)15-9(2)10-5-6-10/h7-10H,3-6H2,1-2H3,(H,15,16)(H,17,18). The Hall–Kier alpha value is -1.58. The molecule has 2 rings (SSSR count). The van der Waals surface area contributed by atoms with Gasteiger partial charge < -0.3 is 10.4 Å². The molecule has 1 aliphatic carbocycles. The zero-order valence-electron chi connectivity index (χ0n) is 10.9. The smallest absolute Gasteiger partial charge is 0.335 e. The summed E-state index contributed by atoms with van der Waals surface area (Å²) in [4.78, 5) is 15.6. The van der Waals surface area contributed by atoms with Crippen LogP contribution in [0.5, 0.6) is 0 Å². The number of nitrogens with one attached hydrogen (secondary N) is 1. The predicted molar refractivity (Wildman–Crippen MR) is 71.0 cm³/mol. The molecule has 1 atom stereocenters. The van der Waals surface area contributed by atoms with Crippen molar-refractivity contribution in [3.05, 3.63) is 23.4 Å². The Bertz CT molecular complexity index is 441. The van der Waals surface area contributed by atoms with E-state index >= 15 is 0 Å². The van der Waals surface area contributed by atoms with Gasteiger partial charge in [0.05, 0.1) is 5.56 Å². The normalized spacial score (nSPS) is 16.3. The van der Waals surface area contributed by atoms with Crippen LogP contribution in [-0.2, 0) is 6.42 Å². The van der Waals surface area contributed by atoms with Crippen LogP contribution in [0.3, 0.4) is 0 Å². The molecule has 0 spiro atoms. The molecule has 0 aromatic carbocycles. The molecular formula is C14H20N2O2. The van der Waals surface area contributed by atoms with Crippen LogP contribution in [0.2, 0.25) is 0 Å². The fourth-order valence-electron chi connectivity index (χ4n) is 2.12. The minimum Gasteiger partial charge on any atom is -0.478 e. The highest BCUT2D eigenvalue weighted by Gasteiger charge is 2.28. The summed E-state index contributed by atoms with van der Waals surface area (Å²) >= 11 is 0. The monoisotopic (exact) mass is 248 g/mol. The summed E-state index contributed by atoms with van der Waals surface area (Å²) in [7, 11) is 0. The van der Waals surface area contributed by atoms with Crippen LogP contribution in [0, 0.1) is 5.92 Å². The quantitative estimate of drug-likeness (QED) is 0.812. The summed E-state index contributed by atoms with van der Waals surface area (Å²) in [6, 6.07) is 3.66. The lowest BCUT2D eigenvalue weighted by atomic mass is 10.1. The van der Waals surface area contributed by atoms with E-state index in [1.807, 2.05) is 0 Å². The van der Waals surface area contributed by atoms with E-state index in [9.17, 15) is 4.79 Å². The van der Waals surface area contributed by atoms with Crippen LogP contribution >= 0.6 is 0 Å². The van der Waals surface area contributed by atoms with Gasteiger partial charge in [0.2, 0.25) is 0 Å². The van der Waals surface area contributed by atoms with Gasteiger partial charge in [-0.3, -0.25) is 0 Å². The number of hydrogen-bond donors (Lipinski definition) is 2. The number of aromatic nitrogens is 1. The molecule has 1 aromatic heterocycles. The van der Waals surface area contributed by atoms with Gasteiger partial charge in [0, 0.05) is 11.7 Å². The van der Waals surface area contributed by atoms with Gasteiger partial charge in [-0.25, -0.2) is 9.78 Å². The molecule has 98 valence electrons. The third-order valence-electron chi connectivity index (χ3n) is 3.34. The second-order valence-electron chi connectivity index (χ2n) is 5.06. The third-order valence-corrected chi connectivity index (χ3v) is 3.34. The number of nitrogens with zero attached hydrogens (tertiary/aromatic N) is 1. The number of carboxylic acid groups (broad SMARTS) is 1. The van der Waals surface area contributed by atoms with Gasteiger partial charge >= 0.3 is 5.97 Å². The number of anilines is 1. The molecule has 0 saturated heterocycles.